The van der Waals surface area contributed by atoms with Crippen LogP contribution in [0, 0.1) is 0 Å². The number of aliphatic hydroxyl groups excluding tert-OH is 1. The van der Waals surface area contributed by atoms with Gasteiger partial charge in [-0.1, -0.05) is 12.1 Å². The number of carbonyl (C=O) groups excluding carboxylic acids is 1. The highest BCUT2D eigenvalue weighted by Gasteiger charge is 2.12. The summed E-state index contributed by atoms with van der Waals surface area (Å²) in [5, 5.41) is 30.4. The minimum Gasteiger partial charge on any atom is -0.508 e. The van der Waals surface area contributed by atoms with Crippen LogP contribution < -0.4 is 5.32 Å². The zero-order chi connectivity index (χ0) is 14.5. The second-order valence-electron chi connectivity index (χ2n) is 4.33. The molecular formula is C15H15NO4. The highest BCUT2D eigenvalue weighted by atomic mass is 16.3. The molecule has 104 valence electrons. The van der Waals surface area contributed by atoms with E-state index in [1.54, 1.807) is 24.3 Å². The van der Waals surface area contributed by atoms with E-state index < -0.39 is 5.91 Å². The number of phenols is 2. The highest BCUT2D eigenvalue weighted by molar-refractivity contribution is 6.06. The summed E-state index contributed by atoms with van der Waals surface area (Å²) in [5.41, 5.74) is 1.54. The summed E-state index contributed by atoms with van der Waals surface area (Å²) in [7, 11) is 0. The summed E-state index contributed by atoms with van der Waals surface area (Å²) < 4.78 is 0. The normalized spacial score (nSPS) is 10.2. The number of anilines is 1. The summed E-state index contributed by atoms with van der Waals surface area (Å²) in [6.07, 6.45) is 0.557. The molecule has 5 heteroatoms. The fourth-order valence-electron chi connectivity index (χ4n) is 1.79. The lowest BCUT2D eigenvalue weighted by Gasteiger charge is -2.08. The first-order chi connectivity index (χ1) is 9.60. The van der Waals surface area contributed by atoms with Crippen molar-refractivity contribution in [3.05, 3.63) is 53.6 Å². The molecular weight excluding hydrogens is 258 g/mol. The summed E-state index contributed by atoms with van der Waals surface area (Å²) in [5.74, 6) is -0.795. The average molecular weight is 273 g/mol. The van der Waals surface area contributed by atoms with Crippen molar-refractivity contribution in [1.29, 1.82) is 0 Å². The molecule has 0 saturated heterocycles. The van der Waals surface area contributed by atoms with Crippen LogP contribution in [0.15, 0.2) is 42.5 Å². The standard InChI is InChI=1S/C15H15NO4/c17-8-7-10-1-3-11(4-2-10)16-15(20)13-9-12(18)5-6-14(13)19/h1-6,9,17-19H,7-8H2,(H,16,20). The van der Waals surface area contributed by atoms with Crippen LogP contribution in [0.25, 0.3) is 0 Å². The second-order valence-corrected chi connectivity index (χ2v) is 4.33. The Morgan fingerprint density at radius 2 is 1.75 bits per heavy atom. The van der Waals surface area contributed by atoms with Crippen LogP contribution in [0.3, 0.4) is 0 Å². The van der Waals surface area contributed by atoms with Crippen LogP contribution in [0.2, 0.25) is 0 Å². The number of hydrogen-bond donors (Lipinski definition) is 4. The molecule has 0 saturated carbocycles. The first-order valence-corrected chi connectivity index (χ1v) is 6.13. The molecule has 4 N–H and O–H groups in total. The molecule has 1 amide bonds. The van der Waals surface area contributed by atoms with Crippen molar-refractivity contribution in [2.45, 2.75) is 6.42 Å². The van der Waals surface area contributed by atoms with E-state index in [-0.39, 0.29) is 23.7 Å². The first-order valence-electron chi connectivity index (χ1n) is 6.13. The van der Waals surface area contributed by atoms with Crippen molar-refractivity contribution in [1.82, 2.24) is 0 Å². The van der Waals surface area contributed by atoms with Crippen molar-refractivity contribution < 1.29 is 20.1 Å². The van der Waals surface area contributed by atoms with E-state index in [4.69, 9.17) is 5.11 Å². The number of rotatable bonds is 4. The Balaban J connectivity index is 2.13. The molecule has 0 radical (unpaired) electrons. The Morgan fingerprint density at radius 1 is 1.05 bits per heavy atom. The molecule has 0 spiro atoms. The Bertz CT molecular complexity index is 608. The van der Waals surface area contributed by atoms with Gasteiger partial charge in [-0.05, 0) is 42.3 Å². The zero-order valence-electron chi connectivity index (χ0n) is 10.7. The molecule has 0 fully saturated rings. The molecule has 20 heavy (non-hydrogen) atoms. The van der Waals surface area contributed by atoms with Gasteiger partial charge < -0.3 is 20.6 Å². The molecule has 0 heterocycles. The molecule has 0 bridgehead atoms. The molecule has 2 aromatic carbocycles. The van der Waals surface area contributed by atoms with Gasteiger partial charge in [0.15, 0.2) is 0 Å². The fourth-order valence-corrected chi connectivity index (χ4v) is 1.79. The van der Waals surface area contributed by atoms with E-state index in [9.17, 15) is 15.0 Å². The fraction of sp³-hybridized carbons (Fsp3) is 0.133. The molecule has 2 rings (SSSR count). The maximum absolute atomic E-state index is 12.0. The number of nitrogens with one attached hydrogen (secondary N) is 1. The maximum Gasteiger partial charge on any atom is 0.259 e. The zero-order valence-corrected chi connectivity index (χ0v) is 10.7. The third kappa shape index (κ3) is 3.27. The van der Waals surface area contributed by atoms with Gasteiger partial charge in [-0.15, -0.1) is 0 Å². The molecule has 2 aromatic rings. The molecule has 5 nitrogen and oxygen atoms in total. The monoisotopic (exact) mass is 273 g/mol. The van der Waals surface area contributed by atoms with Crippen molar-refractivity contribution >= 4 is 11.6 Å². The van der Waals surface area contributed by atoms with Crippen molar-refractivity contribution in [2.24, 2.45) is 0 Å². The van der Waals surface area contributed by atoms with Crippen molar-refractivity contribution in [3.63, 3.8) is 0 Å². The van der Waals surface area contributed by atoms with Crippen molar-refractivity contribution in [2.75, 3.05) is 11.9 Å². The van der Waals surface area contributed by atoms with Crippen LogP contribution in [-0.4, -0.2) is 27.8 Å². The quantitative estimate of drug-likeness (QED) is 0.640. The Kier molecular flexibility index (Phi) is 4.22. The maximum atomic E-state index is 12.0. The highest BCUT2D eigenvalue weighted by Crippen LogP contribution is 2.23. The van der Waals surface area contributed by atoms with Gasteiger partial charge in [0.2, 0.25) is 0 Å². The van der Waals surface area contributed by atoms with Gasteiger partial charge in [0, 0.05) is 12.3 Å². The minimum absolute atomic E-state index is 0.00411. The number of hydrogen-bond acceptors (Lipinski definition) is 4. The molecule has 0 aliphatic rings. The largest absolute Gasteiger partial charge is 0.508 e. The van der Waals surface area contributed by atoms with Gasteiger partial charge in [0.05, 0.1) is 5.56 Å². The van der Waals surface area contributed by atoms with Crippen LogP contribution in [0.4, 0.5) is 5.69 Å². The Hall–Kier alpha value is -2.53. The van der Waals surface area contributed by atoms with Gasteiger partial charge in [-0.2, -0.15) is 0 Å². The molecule has 0 unspecified atom stereocenters. The molecule has 0 aromatic heterocycles. The molecule has 0 aliphatic heterocycles. The topological polar surface area (TPSA) is 89.8 Å². The van der Waals surface area contributed by atoms with Crippen LogP contribution in [-0.2, 0) is 6.42 Å². The third-order valence-electron chi connectivity index (χ3n) is 2.84. The van der Waals surface area contributed by atoms with E-state index in [0.29, 0.717) is 12.1 Å². The number of benzene rings is 2. The van der Waals surface area contributed by atoms with Crippen LogP contribution in [0.5, 0.6) is 11.5 Å². The van der Waals surface area contributed by atoms with Gasteiger partial charge in [0.25, 0.3) is 5.91 Å². The van der Waals surface area contributed by atoms with Crippen LogP contribution >= 0.6 is 0 Å². The number of phenolic OH excluding ortho intramolecular Hbond substituents is 2. The summed E-state index contributed by atoms with van der Waals surface area (Å²) in [6, 6.07) is 10.8. The number of aliphatic hydroxyl groups is 1. The van der Waals surface area contributed by atoms with Crippen molar-refractivity contribution in [3.8, 4) is 11.5 Å². The van der Waals surface area contributed by atoms with Gasteiger partial charge in [-0.3, -0.25) is 4.79 Å². The molecule has 0 atom stereocenters. The third-order valence-corrected chi connectivity index (χ3v) is 2.84. The van der Waals surface area contributed by atoms with E-state index >= 15 is 0 Å². The first kappa shape index (κ1) is 13.9. The average Bonchev–Trinajstić information content (AvgIpc) is 2.44. The Labute approximate surface area is 116 Å². The predicted molar refractivity (Wildman–Crippen MR) is 75.0 cm³/mol. The van der Waals surface area contributed by atoms with E-state index in [1.807, 2.05) is 0 Å². The lowest BCUT2D eigenvalue weighted by molar-refractivity contribution is 0.102. The SMILES string of the molecule is O=C(Nc1ccc(CCO)cc1)c1cc(O)ccc1O. The second kappa shape index (κ2) is 6.08. The lowest BCUT2D eigenvalue weighted by atomic mass is 10.1. The molecule has 0 aliphatic carbocycles. The number of aromatic hydroxyl groups is 2. The number of carbonyl (C=O) groups is 1. The van der Waals surface area contributed by atoms with Crippen LogP contribution in [0.1, 0.15) is 15.9 Å². The minimum atomic E-state index is -0.506. The van der Waals surface area contributed by atoms with Gasteiger partial charge in [0.1, 0.15) is 11.5 Å². The van der Waals surface area contributed by atoms with Gasteiger partial charge in [-0.25, -0.2) is 0 Å². The Morgan fingerprint density at radius 3 is 2.40 bits per heavy atom. The lowest BCUT2D eigenvalue weighted by Crippen LogP contribution is -2.12. The summed E-state index contributed by atoms with van der Waals surface area (Å²) >= 11 is 0. The van der Waals surface area contributed by atoms with E-state index in [2.05, 4.69) is 5.32 Å². The van der Waals surface area contributed by atoms with Gasteiger partial charge >= 0.3 is 0 Å². The predicted octanol–water partition coefficient (Wildman–Crippen LogP) is 1.88. The smallest absolute Gasteiger partial charge is 0.259 e. The summed E-state index contributed by atoms with van der Waals surface area (Å²) in [6.45, 7) is 0.0723. The van der Waals surface area contributed by atoms with E-state index in [1.165, 1.54) is 18.2 Å². The summed E-state index contributed by atoms with van der Waals surface area (Å²) in [4.78, 5) is 12.0. The number of amides is 1. The van der Waals surface area contributed by atoms with E-state index in [0.717, 1.165) is 5.56 Å².